The summed E-state index contributed by atoms with van der Waals surface area (Å²) in [7, 11) is 0. The Morgan fingerprint density at radius 2 is 2.04 bits per heavy atom. The van der Waals surface area contributed by atoms with Crippen LogP contribution in [0.3, 0.4) is 0 Å². The van der Waals surface area contributed by atoms with Crippen molar-refractivity contribution in [1.82, 2.24) is 10.2 Å². The summed E-state index contributed by atoms with van der Waals surface area (Å²) in [6.07, 6.45) is 0.754. The molecule has 2 saturated heterocycles. The minimum Gasteiger partial charge on any atom is -0.454 e. The topological polar surface area (TPSA) is 119 Å². The molecule has 0 spiro atoms. The molecule has 2 fully saturated rings. The molecule has 0 bridgehead atoms. The summed E-state index contributed by atoms with van der Waals surface area (Å²) in [5.74, 6) is -1.90. The molecule has 8 nitrogen and oxygen atoms in total. The Kier molecular flexibility index (Phi) is 4.86. The van der Waals surface area contributed by atoms with Crippen molar-refractivity contribution in [3.8, 4) is 0 Å². The van der Waals surface area contributed by atoms with E-state index in [1.54, 1.807) is 17.4 Å². The molecule has 1 aromatic carbocycles. The maximum absolute atomic E-state index is 13.2. The summed E-state index contributed by atoms with van der Waals surface area (Å²) in [5.41, 5.74) is 5.54. The maximum Gasteiger partial charge on any atom is 0.330 e. The van der Waals surface area contributed by atoms with Crippen molar-refractivity contribution in [3.63, 3.8) is 0 Å². The van der Waals surface area contributed by atoms with Crippen LogP contribution in [0.1, 0.15) is 18.4 Å². The van der Waals surface area contributed by atoms with E-state index >= 15 is 0 Å². The molecule has 4 amide bonds. The Morgan fingerprint density at radius 1 is 1.35 bits per heavy atom. The van der Waals surface area contributed by atoms with Crippen LogP contribution >= 0.6 is 11.8 Å². The number of imide groups is 1. The van der Waals surface area contributed by atoms with Gasteiger partial charge >= 0.3 is 12.0 Å². The first-order valence-corrected chi connectivity index (χ1v) is 8.80. The molecule has 2 aliphatic rings. The van der Waals surface area contributed by atoms with Crippen LogP contribution in [-0.4, -0.2) is 47.1 Å². The summed E-state index contributed by atoms with van der Waals surface area (Å²) in [4.78, 5) is 47.4. The zero-order valence-electron chi connectivity index (χ0n) is 13.6. The van der Waals surface area contributed by atoms with Gasteiger partial charge < -0.3 is 15.4 Å². The lowest BCUT2D eigenvalue weighted by molar-refractivity contribution is -0.156. The molecule has 0 aromatic heterocycles. The van der Waals surface area contributed by atoms with Crippen LogP contribution < -0.4 is 11.1 Å². The highest BCUT2D eigenvalue weighted by Gasteiger charge is 2.57. The predicted molar refractivity (Wildman–Crippen MR) is 89.1 cm³/mol. The third kappa shape index (κ3) is 3.24. The van der Waals surface area contributed by atoms with E-state index in [4.69, 9.17) is 10.5 Å². The molecule has 0 radical (unpaired) electrons. The Labute approximate surface area is 152 Å². The van der Waals surface area contributed by atoms with Gasteiger partial charge in [-0.1, -0.05) is 12.1 Å². The number of carbonyl (C=O) groups excluding carboxylic acids is 4. The van der Waals surface area contributed by atoms with Gasteiger partial charge in [0.2, 0.25) is 5.91 Å². The Morgan fingerprint density at radius 3 is 2.69 bits per heavy atom. The Hall–Kier alpha value is -2.62. The monoisotopic (exact) mass is 381 g/mol. The highest BCUT2D eigenvalue weighted by molar-refractivity contribution is 8.00. The van der Waals surface area contributed by atoms with E-state index in [2.05, 4.69) is 0 Å². The van der Waals surface area contributed by atoms with Crippen LogP contribution in [0.4, 0.5) is 9.18 Å². The summed E-state index contributed by atoms with van der Waals surface area (Å²) in [5, 5.41) is 1.78. The van der Waals surface area contributed by atoms with Crippen LogP contribution in [0.2, 0.25) is 0 Å². The summed E-state index contributed by atoms with van der Waals surface area (Å²) >= 11 is 1.41. The molecule has 3 rings (SSSR count). The van der Waals surface area contributed by atoms with Gasteiger partial charge in [-0.2, -0.15) is 0 Å². The number of thioether (sulfide) groups is 1. The number of urea groups is 1. The van der Waals surface area contributed by atoms with E-state index in [1.807, 2.05) is 0 Å². The van der Waals surface area contributed by atoms with Crippen LogP contribution in [0, 0.1) is 5.82 Å². The van der Waals surface area contributed by atoms with Gasteiger partial charge in [-0.05, 0) is 24.1 Å². The number of amides is 4. The lowest BCUT2D eigenvalue weighted by Gasteiger charge is -2.33. The van der Waals surface area contributed by atoms with Crippen molar-refractivity contribution in [2.45, 2.75) is 23.8 Å². The second-order valence-corrected chi connectivity index (χ2v) is 7.20. The van der Waals surface area contributed by atoms with Crippen LogP contribution in [-0.2, 0) is 24.0 Å². The van der Waals surface area contributed by atoms with Crippen molar-refractivity contribution in [1.29, 1.82) is 0 Å². The van der Waals surface area contributed by atoms with E-state index in [9.17, 15) is 23.6 Å². The number of fused-ring (bicyclic) bond motifs is 1. The summed E-state index contributed by atoms with van der Waals surface area (Å²) in [6.45, 7) is -0.672. The highest BCUT2D eigenvalue weighted by Crippen LogP contribution is 2.54. The first kappa shape index (κ1) is 18.2. The highest BCUT2D eigenvalue weighted by atomic mass is 32.2. The molecule has 0 unspecified atom stereocenters. The number of hydrogen-bond donors (Lipinski definition) is 2. The quantitative estimate of drug-likeness (QED) is 0.731. The van der Waals surface area contributed by atoms with E-state index < -0.39 is 35.4 Å². The average molecular weight is 381 g/mol. The molecule has 2 heterocycles. The van der Waals surface area contributed by atoms with Gasteiger partial charge in [0, 0.05) is 12.2 Å². The van der Waals surface area contributed by atoms with E-state index in [0.29, 0.717) is 12.2 Å². The molecule has 2 atom stereocenters. The lowest BCUT2D eigenvalue weighted by atomic mass is 10.0. The van der Waals surface area contributed by atoms with Gasteiger partial charge in [-0.15, -0.1) is 11.8 Å². The fourth-order valence-corrected chi connectivity index (χ4v) is 4.87. The van der Waals surface area contributed by atoms with Gasteiger partial charge in [0.15, 0.2) is 6.61 Å². The number of primary amides is 1. The first-order valence-electron chi connectivity index (χ1n) is 7.81. The average Bonchev–Trinajstić information content (AvgIpc) is 3.12. The largest absolute Gasteiger partial charge is 0.454 e. The van der Waals surface area contributed by atoms with Gasteiger partial charge in [0.1, 0.15) is 16.7 Å². The zero-order valence-corrected chi connectivity index (χ0v) is 14.4. The smallest absolute Gasteiger partial charge is 0.330 e. The second-order valence-electron chi connectivity index (χ2n) is 5.90. The third-order valence-electron chi connectivity index (χ3n) is 4.30. The fraction of sp³-hybridized carbons (Fsp3) is 0.375. The number of halogens is 1. The van der Waals surface area contributed by atoms with E-state index in [0.717, 1.165) is 5.56 Å². The number of hydrogen-bond acceptors (Lipinski definition) is 6. The zero-order chi connectivity index (χ0) is 18.9. The molecule has 0 saturated carbocycles. The molecule has 26 heavy (non-hydrogen) atoms. The number of nitrogens with one attached hydrogen (secondary N) is 1. The second kappa shape index (κ2) is 6.94. The maximum atomic E-state index is 13.2. The van der Waals surface area contributed by atoms with Gasteiger partial charge in [-0.3, -0.25) is 14.9 Å². The summed E-state index contributed by atoms with van der Waals surface area (Å²) in [6, 6.07) is 3.91. The van der Waals surface area contributed by atoms with Crippen molar-refractivity contribution >= 4 is 35.6 Å². The van der Waals surface area contributed by atoms with E-state index in [-0.39, 0.29) is 18.1 Å². The number of nitrogens with two attached hydrogens (primary N) is 1. The lowest BCUT2D eigenvalue weighted by Crippen LogP contribution is -2.47. The molecule has 10 heteroatoms. The van der Waals surface area contributed by atoms with E-state index in [1.165, 1.54) is 28.8 Å². The third-order valence-corrected chi connectivity index (χ3v) is 5.90. The predicted octanol–water partition coefficient (Wildman–Crippen LogP) is 0.454. The minimum absolute atomic E-state index is 0.206. The molecular formula is C16H16FN3O5S. The van der Waals surface area contributed by atoms with Crippen molar-refractivity contribution in [3.05, 3.63) is 35.6 Å². The summed E-state index contributed by atoms with van der Waals surface area (Å²) < 4.78 is 18.2. The number of ether oxygens (including phenoxy) is 1. The SMILES string of the molecule is NC(=O)NC(=O)COC(=O)[C@@H]1CS[C@@]2(c3ccc(F)cc3)CCC(=O)N12. The van der Waals surface area contributed by atoms with Crippen LogP contribution in [0.25, 0.3) is 0 Å². The molecule has 2 aliphatic heterocycles. The van der Waals surface area contributed by atoms with Crippen molar-refractivity contribution in [2.24, 2.45) is 5.73 Å². The normalized spacial score (nSPS) is 24.3. The van der Waals surface area contributed by atoms with Crippen molar-refractivity contribution in [2.75, 3.05) is 12.4 Å². The van der Waals surface area contributed by atoms with Gasteiger partial charge in [-0.25, -0.2) is 14.0 Å². The van der Waals surface area contributed by atoms with Crippen LogP contribution in [0.5, 0.6) is 0 Å². The minimum atomic E-state index is -1.05. The van der Waals surface area contributed by atoms with Crippen molar-refractivity contribution < 1.29 is 28.3 Å². The number of carbonyl (C=O) groups is 4. The molecule has 1 aromatic rings. The Balaban J connectivity index is 1.75. The number of nitrogens with zero attached hydrogens (tertiary/aromatic N) is 1. The number of benzene rings is 1. The number of esters is 1. The Bertz CT molecular complexity index is 772. The van der Waals surface area contributed by atoms with Gasteiger partial charge in [0.05, 0.1) is 0 Å². The first-order chi connectivity index (χ1) is 12.3. The number of rotatable bonds is 4. The standard InChI is InChI=1S/C16H16FN3O5S/c17-10-3-1-9(2-4-10)16-6-5-13(22)20(16)11(8-26-16)14(23)25-7-12(21)19-15(18)24/h1-4,11H,5-8H2,(H3,18,19,21,24)/t11-,16+/m0/s1. The fourth-order valence-electron chi connectivity index (χ4n) is 3.23. The molecule has 138 valence electrons. The van der Waals surface area contributed by atoms with Crippen LogP contribution in [0.15, 0.2) is 24.3 Å². The van der Waals surface area contributed by atoms with Gasteiger partial charge in [0.25, 0.3) is 5.91 Å². The molecule has 0 aliphatic carbocycles. The molecular weight excluding hydrogens is 365 g/mol. The molecule has 3 N–H and O–H groups in total.